The highest BCUT2D eigenvalue weighted by atomic mass is 35.5. The number of amides is 4. The molecule has 0 aromatic heterocycles. The second kappa shape index (κ2) is 6.06. The number of rotatable bonds is 2. The molecule has 3 rings (SSSR count). The van der Waals surface area contributed by atoms with Gasteiger partial charge in [0.15, 0.2) is 0 Å². The molecule has 1 aliphatic rings. The van der Waals surface area contributed by atoms with Crippen molar-refractivity contribution in [1.29, 1.82) is 0 Å². The number of carbonyl (C=O) groups excluding carboxylic acids is 3. The van der Waals surface area contributed by atoms with Crippen LogP contribution in [0, 0.1) is 0 Å². The molecule has 0 bridgehead atoms. The van der Waals surface area contributed by atoms with Gasteiger partial charge in [0.1, 0.15) is 5.57 Å². The number of nitrogens with one attached hydrogen (secondary N) is 1. The molecule has 2 aromatic carbocycles. The Bertz CT molecular complexity index is 831. The predicted octanol–water partition coefficient (Wildman–Crippen LogP) is 3.01. The monoisotopic (exact) mass is 326 g/mol. The number of hydrogen-bond donors (Lipinski definition) is 1. The SMILES string of the molecule is O=C1NC(=O)N(c2cccc(Cl)c2)C(=O)C1=Cc1ccccc1. The molecule has 23 heavy (non-hydrogen) atoms. The molecule has 2 aromatic rings. The lowest BCUT2D eigenvalue weighted by molar-refractivity contribution is -0.122. The Labute approximate surface area is 137 Å². The third-order valence-corrected chi connectivity index (χ3v) is 3.51. The third-order valence-electron chi connectivity index (χ3n) is 3.28. The zero-order valence-electron chi connectivity index (χ0n) is 11.8. The van der Waals surface area contributed by atoms with Crippen molar-refractivity contribution < 1.29 is 14.4 Å². The molecule has 0 atom stereocenters. The van der Waals surface area contributed by atoms with E-state index in [1.807, 2.05) is 6.07 Å². The summed E-state index contributed by atoms with van der Waals surface area (Å²) >= 11 is 5.90. The van der Waals surface area contributed by atoms with E-state index in [4.69, 9.17) is 11.6 Å². The van der Waals surface area contributed by atoms with E-state index in [2.05, 4.69) is 5.32 Å². The summed E-state index contributed by atoms with van der Waals surface area (Å²) in [5.41, 5.74) is 0.869. The van der Waals surface area contributed by atoms with Crippen LogP contribution in [0.25, 0.3) is 6.08 Å². The van der Waals surface area contributed by atoms with Crippen LogP contribution in [0.4, 0.5) is 10.5 Å². The normalized spacial score (nSPS) is 16.7. The Kier molecular flexibility index (Phi) is 3.95. The van der Waals surface area contributed by atoms with Gasteiger partial charge in [-0.25, -0.2) is 9.69 Å². The number of barbiturate groups is 1. The van der Waals surface area contributed by atoms with Crippen LogP contribution in [0.2, 0.25) is 5.02 Å². The van der Waals surface area contributed by atoms with Gasteiger partial charge >= 0.3 is 6.03 Å². The zero-order valence-corrected chi connectivity index (χ0v) is 12.6. The van der Waals surface area contributed by atoms with E-state index in [1.165, 1.54) is 12.1 Å². The summed E-state index contributed by atoms with van der Waals surface area (Å²) in [5, 5.41) is 2.55. The number of halogens is 1. The van der Waals surface area contributed by atoms with Gasteiger partial charge in [0.25, 0.3) is 11.8 Å². The number of benzene rings is 2. The molecular weight excluding hydrogens is 316 g/mol. The molecule has 0 aliphatic carbocycles. The van der Waals surface area contributed by atoms with Crippen LogP contribution in [-0.2, 0) is 9.59 Å². The minimum absolute atomic E-state index is 0.115. The van der Waals surface area contributed by atoms with Gasteiger partial charge in [-0.2, -0.15) is 0 Å². The molecule has 6 heteroatoms. The molecule has 5 nitrogen and oxygen atoms in total. The molecule has 1 N–H and O–H groups in total. The molecule has 0 spiro atoms. The fourth-order valence-corrected chi connectivity index (χ4v) is 2.41. The lowest BCUT2D eigenvalue weighted by Crippen LogP contribution is -2.54. The number of imide groups is 2. The molecular formula is C17H11ClN2O3. The minimum Gasteiger partial charge on any atom is -0.273 e. The Morgan fingerprint density at radius 2 is 1.70 bits per heavy atom. The summed E-state index contributed by atoms with van der Waals surface area (Å²) in [7, 11) is 0. The van der Waals surface area contributed by atoms with Crippen LogP contribution < -0.4 is 10.2 Å². The highest BCUT2D eigenvalue weighted by molar-refractivity contribution is 6.39. The van der Waals surface area contributed by atoms with Crippen molar-refractivity contribution in [3.8, 4) is 0 Å². The number of urea groups is 1. The number of anilines is 1. The first-order valence-corrected chi connectivity index (χ1v) is 7.16. The van der Waals surface area contributed by atoms with Gasteiger partial charge in [-0.1, -0.05) is 48.0 Å². The van der Waals surface area contributed by atoms with Crippen LogP contribution >= 0.6 is 11.6 Å². The fourth-order valence-electron chi connectivity index (χ4n) is 2.22. The van der Waals surface area contributed by atoms with E-state index < -0.39 is 17.8 Å². The summed E-state index contributed by atoms with van der Waals surface area (Å²) in [6.07, 6.45) is 1.45. The molecule has 1 saturated heterocycles. The maximum Gasteiger partial charge on any atom is 0.335 e. The third kappa shape index (κ3) is 3.00. The fraction of sp³-hybridized carbons (Fsp3) is 0. The van der Waals surface area contributed by atoms with Gasteiger partial charge in [-0.15, -0.1) is 0 Å². The van der Waals surface area contributed by atoms with Crippen molar-refractivity contribution in [1.82, 2.24) is 5.32 Å². The molecule has 114 valence electrons. The van der Waals surface area contributed by atoms with Crippen LogP contribution in [0.5, 0.6) is 0 Å². The van der Waals surface area contributed by atoms with E-state index >= 15 is 0 Å². The number of hydrogen-bond acceptors (Lipinski definition) is 3. The molecule has 1 aliphatic heterocycles. The standard InChI is InChI=1S/C17H11ClN2O3/c18-12-7-4-8-13(10-12)20-16(22)14(15(21)19-17(20)23)9-11-5-2-1-3-6-11/h1-10H,(H,19,21,23). The smallest absolute Gasteiger partial charge is 0.273 e. The van der Waals surface area contributed by atoms with Crippen molar-refractivity contribution in [2.24, 2.45) is 0 Å². The summed E-state index contributed by atoms with van der Waals surface area (Å²) in [6, 6.07) is 14.4. The molecule has 1 fully saturated rings. The van der Waals surface area contributed by atoms with E-state index in [9.17, 15) is 14.4 Å². The second-order valence-corrected chi connectivity index (χ2v) is 5.28. The van der Waals surface area contributed by atoms with Crippen molar-refractivity contribution in [3.05, 3.63) is 70.8 Å². The number of nitrogens with zero attached hydrogens (tertiary/aromatic N) is 1. The van der Waals surface area contributed by atoms with Crippen molar-refractivity contribution >= 4 is 41.2 Å². The minimum atomic E-state index is -0.799. The van der Waals surface area contributed by atoms with E-state index in [0.29, 0.717) is 16.3 Å². The van der Waals surface area contributed by atoms with Gasteiger partial charge in [0.05, 0.1) is 5.69 Å². The van der Waals surface area contributed by atoms with Crippen molar-refractivity contribution in [2.75, 3.05) is 4.90 Å². The summed E-state index contributed by atoms with van der Waals surface area (Å²) in [6.45, 7) is 0. The van der Waals surface area contributed by atoms with Gasteiger partial charge < -0.3 is 0 Å². The summed E-state index contributed by atoms with van der Waals surface area (Å²) in [5.74, 6) is -1.41. The van der Waals surface area contributed by atoms with Crippen LogP contribution in [0.3, 0.4) is 0 Å². The molecule has 0 saturated carbocycles. The molecule has 4 amide bonds. The summed E-state index contributed by atoms with van der Waals surface area (Å²) < 4.78 is 0. The molecule has 0 unspecified atom stereocenters. The average molecular weight is 327 g/mol. The first-order valence-electron chi connectivity index (χ1n) is 6.78. The predicted molar refractivity (Wildman–Crippen MR) is 86.9 cm³/mol. The summed E-state index contributed by atoms with van der Waals surface area (Å²) in [4.78, 5) is 37.5. The van der Waals surface area contributed by atoms with Crippen LogP contribution in [-0.4, -0.2) is 17.8 Å². The van der Waals surface area contributed by atoms with Crippen LogP contribution in [0.15, 0.2) is 60.2 Å². The van der Waals surface area contributed by atoms with E-state index in [0.717, 1.165) is 4.90 Å². The van der Waals surface area contributed by atoms with E-state index in [-0.39, 0.29) is 5.57 Å². The molecule has 1 heterocycles. The van der Waals surface area contributed by atoms with Gasteiger partial charge in [-0.3, -0.25) is 14.9 Å². The Morgan fingerprint density at radius 1 is 0.957 bits per heavy atom. The van der Waals surface area contributed by atoms with Gasteiger partial charge in [-0.05, 0) is 29.8 Å². The largest absolute Gasteiger partial charge is 0.335 e. The maximum absolute atomic E-state index is 12.6. The van der Waals surface area contributed by atoms with Crippen molar-refractivity contribution in [3.63, 3.8) is 0 Å². The maximum atomic E-state index is 12.6. The number of carbonyl (C=O) groups is 3. The van der Waals surface area contributed by atoms with Gasteiger partial charge in [0.2, 0.25) is 0 Å². The topological polar surface area (TPSA) is 66.5 Å². The van der Waals surface area contributed by atoms with E-state index in [1.54, 1.807) is 42.5 Å². The average Bonchev–Trinajstić information content (AvgIpc) is 2.52. The second-order valence-electron chi connectivity index (χ2n) is 4.85. The Morgan fingerprint density at radius 3 is 2.39 bits per heavy atom. The lowest BCUT2D eigenvalue weighted by atomic mass is 10.1. The van der Waals surface area contributed by atoms with Crippen LogP contribution in [0.1, 0.15) is 5.56 Å². The van der Waals surface area contributed by atoms with Crippen molar-refractivity contribution in [2.45, 2.75) is 0 Å². The Balaban J connectivity index is 2.03. The first-order chi connectivity index (χ1) is 11.1. The quantitative estimate of drug-likeness (QED) is 0.681. The highest BCUT2D eigenvalue weighted by Crippen LogP contribution is 2.24. The first kappa shape index (κ1) is 15.0. The molecule has 0 radical (unpaired) electrons. The Hall–Kier alpha value is -2.92. The zero-order chi connectivity index (χ0) is 16.4. The van der Waals surface area contributed by atoms with Gasteiger partial charge in [0, 0.05) is 5.02 Å². The highest BCUT2D eigenvalue weighted by Gasteiger charge is 2.36. The lowest BCUT2D eigenvalue weighted by Gasteiger charge is -2.26.